The maximum Gasteiger partial charge on any atom is 0.0897 e. The van der Waals surface area contributed by atoms with Gasteiger partial charge in [-0.25, -0.2) is 4.98 Å². The Bertz CT molecular complexity index is 591. The zero-order valence-electron chi connectivity index (χ0n) is 13.1. The van der Waals surface area contributed by atoms with Crippen LogP contribution in [0.15, 0.2) is 6.20 Å². The number of halogens is 1. The summed E-state index contributed by atoms with van der Waals surface area (Å²) in [6.07, 6.45) is 3.67. The van der Waals surface area contributed by atoms with Gasteiger partial charge in [0.25, 0.3) is 0 Å². The molecule has 0 aromatic carbocycles. The summed E-state index contributed by atoms with van der Waals surface area (Å²) in [5.74, 6) is 0. The van der Waals surface area contributed by atoms with Crippen LogP contribution in [0.3, 0.4) is 0 Å². The Balaban J connectivity index is 2.30. The second kappa shape index (κ2) is 7.38. The maximum absolute atomic E-state index is 6.52. The number of hydrogen-bond acceptors (Lipinski definition) is 4. The molecule has 2 heterocycles. The van der Waals surface area contributed by atoms with Gasteiger partial charge in [0.2, 0.25) is 0 Å². The zero-order chi connectivity index (χ0) is 15.4. The van der Waals surface area contributed by atoms with Crippen LogP contribution in [0.1, 0.15) is 48.1 Å². The van der Waals surface area contributed by atoms with Crippen molar-refractivity contribution >= 4 is 22.9 Å². The number of thiazole rings is 1. The van der Waals surface area contributed by atoms with Crippen LogP contribution in [0.25, 0.3) is 0 Å². The normalized spacial score (nSPS) is 12.8. The predicted molar refractivity (Wildman–Crippen MR) is 89.3 cm³/mol. The van der Waals surface area contributed by atoms with Crippen molar-refractivity contribution in [3.63, 3.8) is 0 Å². The van der Waals surface area contributed by atoms with Crippen molar-refractivity contribution in [1.82, 2.24) is 20.1 Å². The molecule has 0 aliphatic rings. The van der Waals surface area contributed by atoms with Gasteiger partial charge in [-0.15, -0.1) is 11.3 Å². The van der Waals surface area contributed by atoms with Gasteiger partial charge in [0.05, 0.1) is 21.4 Å². The number of aromatic nitrogens is 3. The summed E-state index contributed by atoms with van der Waals surface area (Å²) in [5, 5.41) is 10.1. The quantitative estimate of drug-likeness (QED) is 0.842. The molecule has 0 radical (unpaired) electrons. The van der Waals surface area contributed by atoms with Crippen LogP contribution in [0, 0.1) is 6.92 Å². The number of rotatable bonds is 7. The number of likely N-dealkylation sites (N-methyl/N-ethyl adjacent to an activating group) is 1. The molecule has 0 fully saturated rings. The molecule has 1 N–H and O–H groups in total. The third-order valence-electron chi connectivity index (χ3n) is 3.52. The molecular formula is C15H23ClN4S. The van der Waals surface area contributed by atoms with Gasteiger partial charge >= 0.3 is 0 Å². The van der Waals surface area contributed by atoms with E-state index in [1.165, 1.54) is 4.88 Å². The molecule has 116 valence electrons. The van der Waals surface area contributed by atoms with E-state index in [0.29, 0.717) is 0 Å². The number of nitrogens with zero attached hydrogens (tertiary/aromatic N) is 3. The molecule has 0 aliphatic carbocycles. The van der Waals surface area contributed by atoms with Gasteiger partial charge in [-0.3, -0.25) is 4.68 Å². The van der Waals surface area contributed by atoms with Crippen LogP contribution in [-0.2, 0) is 19.4 Å². The molecule has 2 aromatic rings. The van der Waals surface area contributed by atoms with E-state index >= 15 is 0 Å². The molecule has 0 bridgehead atoms. The van der Waals surface area contributed by atoms with Gasteiger partial charge in [-0.2, -0.15) is 5.10 Å². The number of aryl methyl sites for hydroxylation is 3. The molecule has 2 rings (SSSR count). The van der Waals surface area contributed by atoms with Gasteiger partial charge in [-0.05, 0) is 26.8 Å². The highest BCUT2D eigenvalue weighted by atomic mass is 35.5. The summed E-state index contributed by atoms with van der Waals surface area (Å²) in [7, 11) is 0. The SMILES string of the molecule is CCNC(Cc1c(Cl)c(CC)nn1CC)c1cnc(C)s1. The standard InChI is InChI=1S/C15H23ClN4S/c1-5-11-15(16)13(20(7-3)19-11)8-12(17-6-2)14-9-18-10(4)21-14/h9,12,17H,5-8H2,1-4H3. The third-order valence-corrected chi connectivity index (χ3v) is 4.99. The summed E-state index contributed by atoms with van der Waals surface area (Å²) < 4.78 is 2.03. The molecule has 0 amide bonds. The van der Waals surface area contributed by atoms with E-state index in [0.717, 1.165) is 47.3 Å². The molecule has 0 saturated carbocycles. The fourth-order valence-electron chi connectivity index (χ4n) is 2.46. The smallest absolute Gasteiger partial charge is 0.0897 e. The van der Waals surface area contributed by atoms with E-state index in [4.69, 9.17) is 11.6 Å². The molecule has 0 spiro atoms. The number of nitrogens with one attached hydrogen (secondary N) is 1. The van der Waals surface area contributed by atoms with Crippen LogP contribution >= 0.6 is 22.9 Å². The van der Waals surface area contributed by atoms with Gasteiger partial charge in [0.15, 0.2) is 0 Å². The lowest BCUT2D eigenvalue weighted by Crippen LogP contribution is -2.23. The van der Waals surface area contributed by atoms with Crippen molar-refractivity contribution in [3.8, 4) is 0 Å². The molecule has 2 aromatic heterocycles. The van der Waals surface area contributed by atoms with E-state index in [-0.39, 0.29) is 6.04 Å². The number of hydrogen-bond donors (Lipinski definition) is 1. The zero-order valence-corrected chi connectivity index (χ0v) is 14.7. The average Bonchev–Trinajstić information content (AvgIpc) is 3.03. The minimum atomic E-state index is 0.241. The Labute approximate surface area is 135 Å². The summed E-state index contributed by atoms with van der Waals surface area (Å²) in [6.45, 7) is 10.1. The fourth-order valence-corrected chi connectivity index (χ4v) is 3.67. The van der Waals surface area contributed by atoms with Crippen molar-refractivity contribution in [1.29, 1.82) is 0 Å². The molecular weight excluding hydrogens is 304 g/mol. The maximum atomic E-state index is 6.52. The monoisotopic (exact) mass is 326 g/mol. The molecule has 0 aliphatic heterocycles. The average molecular weight is 327 g/mol. The van der Waals surface area contributed by atoms with E-state index in [9.17, 15) is 0 Å². The summed E-state index contributed by atoms with van der Waals surface area (Å²) in [4.78, 5) is 5.63. The summed E-state index contributed by atoms with van der Waals surface area (Å²) >= 11 is 8.26. The van der Waals surface area contributed by atoms with Crippen molar-refractivity contribution in [2.24, 2.45) is 0 Å². The second-order valence-corrected chi connectivity index (χ2v) is 6.62. The topological polar surface area (TPSA) is 42.7 Å². The Morgan fingerprint density at radius 1 is 1.38 bits per heavy atom. The lowest BCUT2D eigenvalue weighted by Gasteiger charge is -2.17. The van der Waals surface area contributed by atoms with E-state index in [1.54, 1.807) is 11.3 Å². The molecule has 21 heavy (non-hydrogen) atoms. The molecule has 4 nitrogen and oxygen atoms in total. The first-order chi connectivity index (χ1) is 10.1. The van der Waals surface area contributed by atoms with Gasteiger partial charge in [0, 0.05) is 30.1 Å². The van der Waals surface area contributed by atoms with E-state index in [2.05, 4.69) is 36.2 Å². The van der Waals surface area contributed by atoms with Crippen LogP contribution in [0.4, 0.5) is 0 Å². The molecule has 1 unspecified atom stereocenters. The highest BCUT2D eigenvalue weighted by Crippen LogP contribution is 2.29. The minimum Gasteiger partial charge on any atom is -0.309 e. The Kier molecular flexibility index (Phi) is 5.79. The van der Waals surface area contributed by atoms with Crippen LogP contribution in [0.2, 0.25) is 5.02 Å². The fraction of sp³-hybridized carbons (Fsp3) is 0.600. The van der Waals surface area contributed by atoms with Gasteiger partial charge in [0.1, 0.15) is 0 Å². The van der Waals surface area contributed by atoms with Gasteiger partial charge in [-0.1, -0.05) is 25.4 Å². The van der Waals surface area contributed by atoms with Crippen LogP contribution in [0.5, 0.6) is 0 Å². The lowest BCUT2D eigenvalue weighted by molar-refractivity contribution is 0.521. The molecule has 0 saturated heterocycles. The van der Waals surface area contributed by atoms with E-state index in [1.807, 2.05) is 17.8 Å². The van der Waals surface area contributed by atoms with Crippen molar-refractivity contribution in [2.45, 2.75) is 53.1 Å². The lowest BCUT2D eigenvalue weighted by atomic mass is 10.1. The third kappa shape index (κ3) is 3.65. The molecule has 6 heteroatoms. The van der Waals surface area contributed by atoms with E-state index < -0.39 is 0 Å². The van der Waals surface area contributed by atoms with Crippen LogP contribution in [-0.4, -0.2) is 21.3 Å². The largest absolute Gasteiger partial charge is 0.309 e. The van der Waals surface area contributed by atoms with Crippen molar-refractivity contribution in [3.05, 3.63) is 32.5 Å². The van der Waals surface area contributed by atoms with Crippen molar-refractivity contribution in [2.75, 3.05) is 6.54 Å². The molecule has 1 atom stereocenters. The summed E-state index contributed by atoms with van der Waals surface area (Å²) in [6, 6.07) is 0.241. The highest BCUT2D eigenvalue weighted by molar-refractivity contribution is 7.11. The predicted octanol–water partition coefficient (Wildman–Crippen LogP) is 3.78. The first kappa shape index (κ1) is 16.5. The second-order valence-electron chi connectivity index (χ2n) is 4.97. The van der Waals surface area contributed by atoms with Gasteiger partial charge < -0.3 is 5.32 Å². The Morgan fingerprint density at radius 3 is 2.67 bits per heavy atom. The first-order valence-corrected chi connectivity index (χ1v) is 8.69. The van der Waals surface area contributed by atoms with Crippen molar-refractivity contribution < 1.29 is 0 Å². The Hall–Kier alpha value is -0.910. The highest BCUT2D eigenvalue weighted by Gasteiger charge is 2.20. The minimum absolute atomic E-state index is 0.241. The summed E-state index contributed by atoms with van der Waals surface area (Å²) in [5.41, 5.74) is 2.11. The van der Waals surface area contributed by atoms with Crippen LogP contribution < -0.4 is 5.32 Å². The first-order valence-electron chi connectivity index (χ1n) is 7.50. The Morgan fingerprint density at radius 2 is 2.14 bits per heavy atom.